The van der Waals surface area contributed by atoms with E-state index in [1.807, 2.05) is 42.5 Å². The normalized spacial score (nSPS) is 11.2. The monoisotopic (exact) mass is 489 g/mol. The number of aromatic nitrogens is 2. The molecule has 0 saturated heterocycles. The summed E-state index contributed by atoms with van der Waals surface area (Å²) in [5.41, 5.74) is 3.37. The maximum absolute atomic E-state index is 12.8. The highest BCUT2D eigenvalue weighted by Crippen LogP contribution is 2.25. The number of carbonyl (C=O) groups excluding carboxylic acids is 1. The van der Waals surface area contributed by atoms with Gasteiger partial charge in [-0.15, -0.1) is 0 Å². The summed E-state index contributed by atoms with van der Waals surface area (Å²) in [5.74, 6) is 1.21. The minimum absolute atomic E-state index is 0.0972. The van der Waals surface area contributed by atoms with Crippen molar-refractivity contribution in [1.82, 2.24) is 9.78 Å². The van der Waals surface area contributed by atoms with Crippen LogP contribution < -0.4 is 14.8 Å². The second-order valence-electron chi connectivity index (χ2n) is 9.22. The van der Waals surface area contributed by atoms with E-state index in [1.54, 1.807) is 35.3 Å². The Hall–Kier alpha value is -3.77. The first-order chi connectivity index (χ1) is 16.8. The fourth-order valence-corrected chi connectivity index (χ4v) is 3.60. The molecule has 0 fully saturated rings. The lowest BCUT2D eigenvalue weighted by Crippen LogP contribution is -2.12. The molecule has 0 spiro atoms. The zero-order chi connectivity index (χ0) is 24.8. The van der Waals surface area contributed by atoms with Crippen LogP contribution in [0.2, 0.25) is 5.02 Å². The van der Waals surface area contributed by atoms with Crippen molar-refractivity contribution >= 4 is 23.2 Å². The Morgan fingerprint density at radius 3 is 2.49 bits per heavy atom. The lowest BCUT2D eigenvalue weighted by molar-refractivity contribution is 0.102. The Bertz CT molecular complexity index is 1290. The van der Waals surface area contributed by atoms with Crippen LogP contribution in [0, 0.1) is 0 Å². The van der Waals surface area contributed by atoms with Crippen molar-refractivity contribution in [2.24, 2.45) is 0 Å². The van der Waals surface area contributed by atoms with Gasteiger partial charge in [-0.1, -0.05) is 62.7 Å². The van der Waals surface area contributed by atoms with Crippen LogP contribution in [0.5, 0.6) is 11.5 Å². The van der Waals surface area contributed by atoms with Crippen LogP contribution in [0.4, 0.5) is 5.69 Å². The number of nitrogens with one attached hydrogen (secondary N) is 1. The highest BCUT2D eigenvalue weighted by Gasteiger charge is 2.13. The Morgan fingerprint density at radius 1 is 0.971 bits per heavy atom. The van der Waals surface area contributed by atoms with E-state index in [9.17, 15) is 4.79 Å². The van der Waals surface area contributed by atoms with Crippen molar-refractivity contribution in [3.63, 3.8) is 0 Å². The summed E-state index contributed by atoms with van der Waals surface area (Å²) in [6, 6.07) is 22.6. The van der Waals surface area contributed by atoms with Crippen LogP contribution >= 0.6 is 11.6 Å². The third-order valence-corrected chi connectivity index (χ3v) is 5.60. The zero-order valence-electron chi connectivity index (χ0n) is 20.0. The first-order valence-electron chi connectivity index (χ1n) is 11.3. The molecule has 0 unspecified atom stereocenters. The van der Waals surface area contributed by atoms with Gasteiger partial charge in [0.25, 0.3) is 5.91 Å². The van der Waals surface area contributed by atoms with Crippen molar-refractivity contribution in [2.75, 3.05) is 5.32 Å². The van der Waals surface area contributed by atoms with Crippen LogP contribution in [0.15, 0.2) is 85.2 Å². The van der Waals surface area contributed by atoms with Crippen molar-refractivity contribution < 1.29 is 14.3 Å². The molecule has 0 aliphatic rings. The van der Waals surface area contributed by atoms with E-state index in [4.69, 9.17) is 21.1 Å². The molecule has 1 aromatic heterocycles. The third kappa shape index (κ3) is 6.87. The highest BCUT2D eigenvalue weighted by molar-refractivity contribution is 6.30. The molecule has 0 bridgehead atoms. The summed E-state index contributed by atoms with van der Waals surface area (Å²) in [4.78, 5) is 12.8. The van der Waals surface area contributed by atoms with E-state index in [-0.39, 0.29) is 18.1 Å². The molecule has 0 saturated carbocycles. The van der Waals surface area contributed by atoms with Gasteiger partial charge in [-0.2, -0.15) is 5.10 Å². The topological polar surface area (TPSA) is 65.4 Å². The van der Waals surface area contributed by atoms with E-state index in [1.165, 1.54) is 5.56 Å². The number of rotatable bonds is 8. The molecule has 4 rings (SSSR count). The fraction of sp³-hybridized carbons (Fsp3) is 0.214. The molecule has 180 valence electrons. The van der Waals surface area contributed by atoms with E-state index in [2.05, 4.69) is 43.3 Å². The van der Waals surface area contributed by atoms with Crippen LogP contribution in [0.25, 0.3) is 0 Å². The van der Waals surface area contributed by atoms with Gasteiger partial charge in [-0.05, 0) is 59.0 Å². The van der Waals surface area contributed by atoms with Crippen LogP contribution in [-0.2, 0) is 18.8 Å². The Labute approximate surface area is 210 Å². The first kappa shape index (κ1) is 24.4. The van der Waals surface area contributed by atoms with E-state index in [0.29, 0.717) is 28.6 Å². The zero-order valence-corrected chi connectivity index (χ0v) is 20.8. The van der Waals surface area contributed by atoms with Crippen LogP contribution in [0.3, 0.4) is 0 Å². The van der Waals surface area contributed by atoms with Crippen molar-refractivity contribution in [1.29, 1.82) is 0 Å². The number of amides is 1. The summed E-state index contributed by atoms with van der Waals surface area (Å²) < 4.78 is 13.2. The molecule has 4 aromatic rings. The Balaban J connectivity index is 1.31. The number of benzene rings is 3. The average Bonchev–Trinajstić information content (AvgIpc) is 3.28. The molecule has 35 heavy (non-hydrogen) atoms. The molecular formula is C28H28ClN3O3. The third-order valence-electron chi connectivity index (χ3n) is 5.37. The van der Waals surface area contributed by atoms with Crippen molar-refractivity contribution in [3.8, 4) is 11.5 Å². The van der Waals surface area contributed by atoms with Crippen LogP contribution in [0.1, 0.15) is 42.3 Å². The number of hydrogen-bond donors (Lipinski definition) is 1. The minimum atomic E-state index is -0.225. The fourth-order valence-electron chi connectivity index (χ4n) is 3.42. The predicted octanol–water partition coefficient (Wildman–Crippen LogP) is 6.70. The summed E-state index contributed by atoms with van der Waals surface area (Å²) in [6.45, 7) is 7.10. The van der Waals surface area contributed by atoms with Gasteiger partial charge in [0.1, 0.15) is 18.1 Å². The standard InChI is InChI=1S/C28H28ClN3O3/c1-28(2,3)22-10-12-25(13-11-22)34-18-20-6-4-7-21(14-20)27(33)31-24-16-30-32(17-24)19-35-26-9-5-8-23(29)15-26/h4-17H,18-19H2,1-3H3,(H,31,33). The number of ether oxygens (including phenoxy) is 2. The Morgan fingerprint density at radius 2 is 1.74 bits per heavy atom. The lowest BCUT2D eigenvalue weighted by atomic mass is 9.87. The summed E-state index contributed by atoms with van der Waals surface area (Å²) in [6.07, 6.45) is 3.28. The summed E-state index contributed by atoms with van der Waals surface area (Å²) >= 11 is 5.97. The molecule has 6 nitrogen and oxygen atoms in total. The van der Waals surface area contributed by atoms with E-state index in [0.717, 1.165) is 11.3 Å². The maximum Gasteiger partial charge on any atom is 0.255 e. The van der Waals surface area contributed by atoms with Gasteiger partial charge in [0.2, 0.25) is 0 Å². The molecule has 0 radical (unpaired) electrons. The molecule has 1 amide bonds. The van der Waals surface area contributed by atoms with Gasteiger partial charge in [0.05, 0.1) is 18.1 Å². The lowest BCUT2D eigenvalue weighted by Gasteiger charge is -2.19. The summed E-state index contributed by atoms with van der Waals surface area (Å²) in [5, 5.41) is 7.69. The molecule has 0 atom stereocenters. The largest absolute Gasteiger partial charge is 0.489 e. The van der Waals surface area contributed by atoms with Crippen molar-refractivity contribution in [2.45, 2.75) is 39.5 Å². The summed E-state index contributed by atoms with van der Waals surface area (Å²) in [7, 11) is 0. The highest BCUT2D eigenvalue weighted by atomic mass is 35.5. The maximum atomic E-state index is 12.8. The SMILES string of the molecule is CC(C)(C)c1ccc(OCc2cccc(C(=O)Nc3cnn(COc4cccc(Cl)c4)c3)c2)cc1. The van der Waals surface area contributed by atoms with Gasteiger partial charge >= 0.3 is 0 Å². The number of halogens is 1. The molecular weight excluding hydrogens is 462 g/mol. The second-order valence-corrected chi connectivity index (χ2v) is 9.65. The second kappa shape index (κ2) is 10.7. The average molecular weight is 490 g/mol. The quantitative estimate of drug-likeness (QED) is 0.299. The number of anilines is 1. The molecule has 3 aromatic carbocycles. The number of carbonyl (C=O) groups is 1. The Kier molecular flexibility index (Phi) is 7.42. The first-order valence-corrected chi connectivity index (χ1v) is 11.7. The smallest absolute Gasteiger partial charge is 0.255 e. The van der Waals surface area contributed by atoms with Gasteiger partial charge in [-0.25, -0.2) is 4.68 Å². The predicted molar refractivity (Wildman–Crippen MR) is 138 cm³/mol. The van der Waals surface area contributed by atoms with Gasteiger partial charge in [0, 0.05) is 10.6 Å². The number of nitrogens with zero attached hydrogens (tertiary/aromatic N) is 2. The van der Waals surface area contributed by atoms with E-state index < -0.39 is 0 Å². The van der Waals surface area contributed by atoms with Gasteiger partial charge in [0.15, 0.2) is 6.73 Å². The van der Waals surface area contributed by atoms with Gasteiger partial charge in [-0.3, -0.25) is 4.79 Å². The molecule has 1 N–H and O–H groups in total. The molecule has 7 heteroatoms. The molecule has 1 heterocycles. The van der Waals surface area contributed by atoms with Gasteiger partial charge < -0.3 is 14.8 Å². The van der Waals surface area contributed by atoms with Crippen LogP contribution in [-0.4, -0.2) is 15.7 Å². The minimum Gasteiger partial charge on any atom is -0.489 e. The van der Waals surface area contributed by atoms with Crippen molar-refractivity contribution in [3.05, 3.63) is 107 Å². The molecule has 0 aliphatic carbocycles. The molecule has 0 aliphatic heterocycles. The number of hydrogen-bond acceptors (Lipinski definition) is 4. The van der Waals surface area contributed by atoms with E-state index >= 15 is 0 Å².